The zero-order chi connectivity index (χ0) is 14.3. The van der Waals surface area contributed by atoms with Crippen molar-refractivity contribution in [3.8, 4) is 11.5 Å². The molecule has 3 rings (SSSR count). The number of carbonyl (C=O) groups is 1. The first-order chi connectivity index (χ1) is 9.58. The number of carbonyl (C=O) groups excluding carboxylic acids is 1. The molecule has 20 heavy (non-hydrogen) atoms. The van der Waals surface area contributed by atoms with Crippen molar-refractivity contribution in [2.45, 2.75) is 33.1 Å². The van der Waals surface area contributed by atoms with E-state index in [0.717, 1.165) is 29.8 Å². The minimum absolute atomic E-state index is 0.000724. The first kappa shape index (κ1) is 13.1. The van der Waals surface area contributed by atoms with Crippen LogP contribution in [0.4, 0.5) is 0 Å². The molecular formula is C14H17N3O3. The predicted molar refractivity (Wildman–Crippen MR) is 71.7 cm³/mol. The van der Waals surface area contributed by atoms with Crippen LogP contribution in [0, 0.1) is 13.8 Å². The second-order valence-corrected chi connectivity index (χ2v) is 5.20. The van der Waals surface area contributed by atoms with E-state index in [0.29, 0.717) is 24.0 Å². The van der Waals surface area contributed by atoms with E-state index in [2.05, 4.69) is 15.1 Å². The van der Waals surface area contributed by atoms with Crippen LogP contribution < -0.4 is 0 Å². The molecular weight excluding hydrogens is 258 g/mol. The van der Waals surface area contributed by atoms with E-state index < -0.39 is 0 Å². The Labute approximate surface area is 116 Å². The second-order valence-electron chi connectivity index (χ2n) is 5.20. The van der Waals surface area contributed by atoms with Crippen molar-refractivity contribution >= 4 is 5.78 Å². The van der Waals surface area contributed by atoms with Crippen LogP contribution in [0.15, 0.2) is 4.52 Å². The highest BCUT2D eigenvalue weighted by Crippen LogP contribution is 2.30. The summed E-state index contributed by atoms with van der Waals surface area (Å²) >= 11 is 0. The Morgan fingerprint density at radius 3 is 2.80 bits per heavy atom. The van der Waals surface area contributed by atoms with Gasteiger partial charge in [-0.1, -0.05) is 5.16 Å². The smallest absolute Gasteiger partial charge is 0.260 e. The molecule has 0 saturated carbocycles. The Morgan fingerprint density at radius 2 is 2.20 bits per heavy atom. The quantitative estimate of drug-likeness (QED) is 0.870. The molecule has 2 aromatic rings. The van der Waals surface area contributed by atoms with Gasteiger partial charge in [0.05, 0.1) is 17.9 Å². The fraction of sp³-hybridized carbons (Fsp3) is 0.500. The highest BCUT2D eigenvalue weighted by Gasteiger charge is 2.25. The zero-order valence-electron chi connectivity index (χ0n) is 11.8. The summed E-state index contributed by atoms with van der Waals surface area (Å²) in [5, 5.41) is 4.05. The molecule has 2 aromatic heterocycles. The van der Waals surface area contributed by atoms with Crippen molar-refractivity contribution in [1.82, 2.24) is 15.1 Å². The molecule has 0 bridgehead atoms. The summed E-state index contributed by atoms with van der Waals surface area (Å²) in [6, 6.07) is 0. The highest BCUT2D eigenvalue weighted by molar-refractivity contribution is 5.96. The molecule has 106 valence electrons. The average molecular weight is 275 g/mol. The van der Waals surface area contributed by atoms with E-state index >= 15 is 0 Å². The number of aromatic nitrogens is 3. The molecule has 6 heteroatoms. The lowest BCUT2D eigenvalue weighted by Crippen LogP contribution is -1.99. The summed E-state index contributed by atoms with van der Waals surface area (Å²) < 4.78 is 10.7. The molecule has 1 N–H and O–H groups in total. The molecule has 1 saturated heterocycles. The van der Waals surface area contributed by atoms with Crippen molar-refractivity contribution in [2.24, 2.45) is 0 Å². The van der Waals surface area contributed by atoms with Gasteiger partial charge in [-0.25, -0.2) is 0 Å². The normalized spacial score (nSPS) is 18.6. The molecule has 1 aliphatic rings. The van der Waals surface area contributed by atoms with Crippen LogP contribution in [0.5, 0.6) is 0 Å². The summed E-state index contributed by atoms with van der Waals surface area (Å²) in [6.07, 6.45) is 0.919. The van der Waals surface area contributed by atoms with Crippen LogP contribution in [0.2, 0.25) is 0 Å². The largest absolute Gasteiger partial charge is 0.381 e. The molecule has 1 atom stereocenters. The zero-order valence-corrected chi connectivity index (χ0v) is 11.8. The number of hydrogen-bond acceptors (Lipinski definition) is 5. The molecule has 1 aliphatic heterocycles. The summed E-state index contributed by atoms with van der Waals surface area (Å²) in [6.45, 7) is 6.71. The summed E-state index contributed by atoms with van der Waals surface area (Å²) in [5.41, 5.74) is 3.15. The maximum Gasteiger partial charge on any atom is 0.260 e. The number of aryl methyl sites for hydroxylation is 1. The molecule has 0 amide bonds. The number of rotatable bonds is 3. The van der Waals surface area contributed by atoms with Gasteiger partial charge >= 0.3 is 0 Å². The molecule has 0 aromatic carbocycles. The lowest BCUT2D eigenvalue weighted by molar-refractivity contribution is 0.101. The number of Topliss-reactive ketones (excluding diaryl/α,β-unsaturated/α-hetero) is 1. The van der Waals surface area contributed by atoms with Gasteiger partial charge in [-0.3, -0.25) is 4.79 Å². The molecule has 0 spiro atoms. The van der Waals surface area contributed by atoms with Gasteiger partial charge in [-0.05, 0) is 25.8 Å². The van der Waals surface area contributed by atoms with Gasteiger partial charge in [0.2, 0.25) is 0 Å². The van der Waals surface area contributed by atoms with E-state index in [1.54, 1.807) is 0 Å². The van der Waals surface area contributed by atoms with Gasteiger partial charge in [-0.15, -0.1) is 0 Å². The maximum atomic E-state index is 11.6. The maximum absolute atomic E-state index is 11.6. The molecule has 1 fully saturated rings. The molecule has 3 heterocycles. The fourth-order valence-electron chi connectivity index (χ4n) is 2.66. The predicted octanol–water partition coefficient (Wildman–Crippen LogP) is 2.39. The Bertz CT molecular complexity index is 651. The van der Waals surface area contributed by atoms with E-state index in [1.807, 2.05) is 13.8 Å². The van der Waals surface area contributed by atoms with Crippen molar-refractivity contribution in [2.75, 3.05) is 13.2 Å². The third kappa shape index (κ3) is 2.06. The van der Waals surface area contributed by atoms with E-state index in [-0.39, 0.29) is 11.7 Å². The van der Waals surface area contributed by atoms with Gasteiger partial charge < -0.3 is 14.2 Å². The number of nitrogens with zero attached hydrogens (tertiary/aromatic N) is 2. The number of ether oxygens (including phenoxy) is 1. The van der Waals surface area contributed by atoms with Gasteiger partial charge in [0.1, 0.15) is 0 Å². The second kappa shape index (κ2) is 4.86. The summed E-state index contributed by atoms with van der Waals surface area (Å²) in [5.74, 6) is 1.35. The SMILES string of the molecule is CC(=O)c1[nH]c(C)c(-c2nc([C@@H]3CCOC3)no2)c1C. The molecule has 0 radical (unpaired) electrons. The fourth-order valence-corrected chi connectivity index (χ4v) is 2.66. The first-order valence-electron chi connectivity index (χ1n) is 6.69. The average Bonchev–Trinajstić information content (AvgIpc) is 3.08. The minimum atomic E-state index is 0.000724. The standard InChI is InChI=1S/C14H17N3O3/c1-7-11(8(2)15-12(7)9(3)18)14-16-13(17-20-14)10-4-5-19-6-10/h10,15H,4-6H2,1-3H3/t10-/m1/s1. The Kier molecular flexibility index (Phi) is 3.17. The number of hydrogen-bond donors (Lipinski definition) is 1. The molecule has 0 aliphatic carbocycles. The lowest BCUT2D eigenvalue weighted by atomic mass is 10.1. The summed E-state index contributed by atoms with van der Waals surface area (Å²) in [7, 11) is 0. The molecule has 6 nitrogen and oxygen atoms in total. The topological polar surface area (TPSA) is 81.0 Å². The highest BCUT2D eigenvalue weighted by atomic mass is 16.5. The van der Waals surface area contributed by atoms with E-state index in [1.165, 1.54) is 6.92 Å². The van der Waals surface area contributed by atoms with Crippen LogP contribution in [-0.2, 0) is 4.74 Å². The number of ketones is 1. The third-order valence-corrected chi connectivity index (χ3v) is 3.74. The lowest BCUT2D eigenvalue weighted by Gasteiger charge is -1.98. The van der Waals surface area contributed by atoms with Crippen molar-refractivity contribution in [1.29, 1.82) is 0 Å². The van der Waals surface area contributed by atoms with Crippen molar-refractivity contribution < 1.29 is 14.1 Å². The number of H-pyrrole nitrogens is 1. The Morgan fingerprint density at radius 1 is 1.40 bits per heavy atom. The van der Waals surface area contributed by atoms with E-state index in [9.17, 15) is 4.79 Å². The van der Waals surface area contributed by atoms with Crippen LogP contribution in [0.1, 0.15) is 46.8 Å². The van der Waals surface area contributed by atoms with Crippen LogP contribution >= 0.6 is 0 Å². The van der Waals surface area contributed by atoms with Gasteiger partial charge in [-0.2, -0.15) is 4.98 Å². The van der Waals surface area contributed by atoms with Crippen molar-refractivity contribution in [3.05, 3.63) is 22.8 Å². The van der Waals surface area contributed by atoms with Crippen LogP contribution in [0.25, 0.3) is 11.5 Å². The molecule has 0 unspecified atom stereocenters. The van der Waals surface area contributed by atoms with Crippen molar-refractivity contribution in [3.63, 3.8) is 0 Å². The van der Waals surface area contributed by atoms with E-state index in [4.69, 9.17) is 9.26 Å². The first-order valence-corrected chi connectivity index (χ1v) is 6.69. The van der Waals surface area contributed by atoms with Gasteiger partial charge in [0.25, 0.3) is 5.89 Å². The third-order valence-electron chi connectivity index (χ3n) is 3.74. The Balaban J connectivity index is 1.99. The van der Waals surface area contributed by atoms with Crippen LogP contribution in [0.3, 0.4) is 0 Å². The number of nitrogens with one attached hydrogen (secondary N) is 1. The van der Waals surface area contributed by atoms with Gasteiger partial charge in [0, 0.05) is 25.1 Å². The van der Waals surface area contributed by atoms with Crippen LogP contribution in [-0.4, -0.2) is 34.1 Å². The Hall–Kier alpha value is -1.95. The monoisotopic (exact) mass is 275 g/mol. The van der Waals surface area contributed by atoms with Gasteiger partial charge in [0.15, 0.2) is 11.6 Å². The number of aromatic amines is 1. The minimum Gasteiger partial charge on any atom is -0.381 e. The summed E-state index contributed by atoms with van der Waals surface area (Å²) in [4.78, 5) is 19.1.